The summed E-state index contributed by atoms with van der Waals surface area (Å²) >= 11 is 5.38. The van der Waals surface area contributed by atoms with E-state index < -0.39 is 11.9 Å². The number of primary amides is 1. The second kappa shape index (κ2) is 14.3. The lowest BCUT2D eigenvalue weighted by Gasteiger charge is -2.45. The predicted octanol–water partition coefficient (Wildman–Crippen LogP) is 0.881. The van der Waals surface area contributed by atoms with E-state index in [2.05, 4.69) is 19.5 Å². The van der Waals surface area contributed by atoms with E-state index in [-0.39, 0.29) is 35.1 Å². The number of oxime groups is 1. The summed E-state index contributed by atoms with van der Waals surface area (Å²) in [6.45, 7) is 2.15. The van der Waals surface area contributed by atoms with Gasteiger partial charge < -0.3 is 25.2 Å². The van der Waals surface area contributed by atoms with Crippen LogP contribution in [0.1, 0.15) is 24.2 Å². The van der Waals surface area contributed by atoms with Gasteiger partial charge in [0.2, 0.25) is 17.4 Å². The second-order valence-electron chi connectivity index (χ2n) is 8.31. The van der Waals surface area contributed by atoms with Crippen molar-refractivity contribution in [3.8, 4) is 11.3 Å². The maximum atomic E-state index is 11.8. The molecule has 0 bridgehead atoms. The predicted molar refractivity (Wildman–Crippen MR) is 155 cm³/mol. The van der Waals surface area contributed by atoms with Crippen LogP contribution in [0.15, 0.2) is 50.0 Å². The number of rotatable bonds is 11. The number of nitrogens with one attached hydrogen (secondary N) is 1. The highest BCUT2D eigenvalue weighted by molar-refractivity contribution is 8.07. The number of hydrogen-bond acceptors (Lipinski definition) is 15. The average Bonchev–Trinajstić information content (AvgIpc) is 3.62. The zero-order valence-electron chi connectivity index (χ0n) is 22.2. The van der Waals surface area contributed by atoms with E-state index in [4.69, 9.17) is 20.7 Å². The van der Waals surface area contributed by atoms with Crippen LogP contribution in [0, 0.1) is 5.41 Å². The van der Waals surface area contributed by atoms with Crippen LogP contribution in [-0.2, 0) is 37.6 Å². The number of hydrogen-bond donors (Lipinski definition) is 2. The molecule has 2 amide bonds. The van der Waals surface area contributed by atoms with Crippen molar-refractivity contribution in [1.82, 2.24) is 19.2 Å². The standard InChI is InChI=1S/C16H13N3O3S3.C8H11N5O3S/c1-18-4-2-9(3-5-18)10-7-24-16(17-10)25-11-8-23-13-6-12(20)19(13)14(11)15(21)22;1-2-16-12-6(7(10)14)8-11-5(17-13-8)3-15-4-9/h2-5,7,13H,6,8H2,1H3;4,9H,2-3H2,1H3,(H2,10,14)/b;9-4?,12-6+/t13-;/m1./s1. The van der Waals surface area contributed by atoms with Gasteiger partial charge in [0.05, 0.1) is 29.2 Å². The number of ether oxygens (including phenoxy) is 1. The van der Waals surface area contributed by atoms with Crippen molar-refractivity contribution in [1.29, 1.82) is 5.41 Å². The fourth-order valence-electron chi connectivity index (χ4n) is 3.52. The first-order valence-corrected chi connectivity index (χ1v) is 15.6. The minimum absolute atomic E-state index is 0.00786. The van der Waals surface area contributed by atoms with Gasteiger partial charge in [0.1, 0.15) is 20.3 Å². The van der Waals surface area contributed by atoms with E-state index in [1.165, 1.54) is 28.0 Å². The molecular weight excluding hydrogens is 625 g/mol. The van der Waals surface area contributed by atoms with Gasteiger partial charge >= 0.3 is 0 Å². The lowest BCUT2D eigenvalue weighted by molar-refractivity contribution is -0.671. The SMILES string of the molecule is CCO/N=C(\C(N)=O)c1nsc(COC=N)n1.C[n+]1ccc(-c2csc(SC3=C(C(=O)[O-])N4C(=O)C[C@H]4SC3)n2)cc1. The van der Waals surface area contributed by atoms with E-state index in [0.717, 1.165) is 33.5 Å². The zero-order chi connectivity index (χ0) is 30.2. The highest BCUT2D eigenvalue weighted by Crippen LogP contribution is 2.45. The molecule has 3 aromatic rings. The molecule has 0 radical (unpaired) electrons. The smallest absolute Gasteiger partial charge is 0.274 e. The van der Waals surface area contributed by atoms with Gasteiger partial charge in [-0.3, -0.25) is 19.9 Å². The summed E-state index contributed by atoms with van der Waals surface area (Å²) in [5, 5.41) is 24.2. The van der Waals surface area contributed by atoms with Crippen molar-refractivity contribution in [3.05, 3.63) is 51.3 Å². The summed E-state index contributed by atoms with van der Waals surface area (Å²) in [5.74, 6) is -1.58. The van der Waals surface area contributed by atoms with Gasteiger partial charge in [-0.2, -0.15) is 4.37 Å². The molecule has 0 aromatic carbocycles. The number of carboxylic acids is 1. The molecule has 2 aliphatic rings. The number of fused-ring (bicyclic) bond motifs is 1. The fraction of sp³-hybridized carbons (Fsp3) is 0.292. The third kappa shape index (κ3) is 7.50. The van der Waals surface area contributed by atoms with Crippen molar-refractivity contribution >= 4 is 76.3 Å². The molecule has 1 fully saturated rings. The first kappa shape index (κ1) is 31.1. The molecule has 5 heterocycles. The van der Waals surface area contributed by atoms with Crippen molar-refractivity contribution in [2.45, 2.75) is 29.7 Å². The van der Waals surface area contributed by atoms with E-state index in [0.29, 0.717) is 28.7 Å². The van der Waals surface area contributed by atoms with E-state index in [9.17, 15) is 19.5 Å². The van der Waals surface area contributed by atoms with Crippen molar-refractivity contribution in [3.63, 3.8) is 0 Å². The molecule has 0 unspecified atom stereocenters. The zero-order valence-corrected chi connectivity index (χ0v) is 25.5. The van der Waals surface area contributed by atoms with Crippen LogP contribution in [0.2, 0.25) is 0 Å². The molecule has 220 valence electrons. The largest absolute Gasteiger partial charge is 0.543 e. The van der Waals surface area contributed by atoms with Crippen molar-refractivity contribution < 1.29 is 33.6 Å². The third-order valence-corrected chi connectivity index (χ3v) is 9.57. The number of aromatic nitrogens is 4. The molecule has 42 heavy (non-hydrogen) atoms. The maximum absolute atomic E-state index is 11.8. The number of thiazole rings is 1. The summed E-state index contributed by atoms with van der Waals surface area (Å²) in [4.78, 5) is 49.7. The van der Waals surface area contributed by atoms with Crippen LogP contribution in [-0.4, -0.2) is 66.9 Å². The Labute approximate surface area is 256 Å². The lowest BCUT2D eigenvalue weighted by Crippen LogP contribution is -2.55. The van der Waals surface area contributed by atoms with Gasteiger partial charge in [0.15, 0.2) is 28.1 Å². The van der Waals surface area contributed by atoms with Crippen LogP contribution >= 0.6 is 46.4 Å². The van der Waals surface area contributed by atoms with Crippen molar-refractivity contribution in [2.24, 2.45) is 17.9 Å². The Hall–Kier alpha value is -3.87. The topological polar surface area (TPSA) is 201 Å². The molecule has 0 aliphatic carbocycles. The summed E-state index contributed by atoms with van der Waals surface area (Å²) in [5.41, 5.74) is 6.86. The number of carbonyl (C=O) groups is 3. The lowest BCUT2D eigenvalue weighted by atomic mass is 10.1. The Balaban J connectivity index is 0.000000209. The molecule has 0 spiro atoms. The molecule has 1 atom stereocenters. The van der Waals surface area contributed by atoms with Crippen LogP contribution in [0.5, 0.6) is 0 Å². The summed E-state index contributed by atoms with van der Waals surface area (Å²) in [6.07, 6.45) is 5.09. The highest BCUT2D eigenvalue weighted by atomic mass is 32.2. The summed E-state index contributed by atoms with van der Waals surface area (Å²) in [7, 11) is 1.95. The number of nitrogens with zero attached hydrogens (tertiary/aromatic N) is 6. The normalized spacial score (nSPS) is 16.1. The maximum Gasteiger partial charge on any atom is 0.274 e. The number of aryl methyl sites for hydroxylation is 1. The van der Waals surface area contributed by atoms with Gasteiger partial charge in [-0.05, 0) is 18.5 Å². The quantitative estimate of drug-likeness (QED) is 0.0983. The van der Waals surface area contributed by atoms with E-state index in [1.54, 1.807) is 18.7 Å². The van der Waals surface area contributed by atoms with E-state index in [1.807, 2.05) is 41.5 Å². The Bertz CT molecular complexity index is 1540. The molecule has 18 heteroatoms. The Kier molecular flexibility index (Phi) is 10.6. The summed E-state index contributed by atoms with van der Waals surface area (Å²) in [6, 6.07) is 3.96. The molecule has 5 rings (SSSR count). The third-order valence-electron chi connectivity index (χ3n) is 5.47. The molecule has 3 N–H and O–H groups in total. The highest BCUT2D eigenvalue weighted by Gasteiger charge is 2.43. The van der Waals surface area contributed by atoms with Gasteiger partial charge in [-0.25, -0.2) is 14.5 Å². The van der Waals surface area contributed by atoms with Gasteiger partial charge in [0, 0.05) is 33.7 Å². The first-order valence-electron chi connectivity index (χ1n) is 12.1. The minimum atomic E-state index is -1.30. The number of pyridine rings is 1. The van der Waals surface area contributed by atoms with Gasteiger partial charge in [-0.1, -0.05) is 16.9 Å². The van der Waals surface area contributed by atoms with Crippen LogP contribution < -0.4 is 15.4 Å². The Morgan fingerprint density at radius 3 is 2.76 bits per heavy atom. The Morgan fingerprint density at radius 1 is 1.36 bits per heavy atom. The Morgan fingerprint density at radius 2 is 2.12 bits per heavy atom. The van der Waals surface area contributed by atoms with Gasteiger partial charge in [-0.15, -0.1) is 23.1 Å². The fourth-order valence-corrected chi connectivity index (χ4v) is 7.46. The number of carboxylic acid groups (broad SMARTS) is 1. The van der Waals surface area contributed by atoms with Crippen LogP contribution in [0.3, 0.4) is 0 Å². The van der Waals surface area contributed by atoms with Crippen LogP contribution in [0.4, 0.5) is 0 Å². The van der Waals surface area contributed by atoms with E-state index >= 15 is 0 Å². The number of β-lactam (4-membered cyclic amide) rings is 1. The number of thioether (sulfide) groups is 2. The van der Waals surface area contributed by atoms with Crippen molar-refractivity contribution in [2.75, 3.05) is 12.4 Å². The second-order valence-corrected chi connectivity index (χ2v) is 12.5. The molecule has 1 saturated heterocycles. The summed E-state index contributed by atoms with van der Waals surface area (Å²) < 4.78 is 11.3. The monoisotopic (exact) mass is 648 g/mol. The number of carbonyl (C=O) groups excluding carboxylic acids is 3. The minimum Gasteiger partial charge on any atom is -0.543 e. The first-order chi connectivity index (χ1) is 20.2. The molecule has 3 aromatic heterocycles. The molecular formula is C24H24N8O6S4. The molecule has 14 nitrogen and oxygen atoms in total. The molecule has 2 aliphatic heterocycles. The number of nitrogens with two attached hydrogens (primary N) is 1. The van der Waals surface area contributed by atoms with Crippen LogP contribution in [0.25, 0.3) is 11.3 Å². The number of amides is 2. The number of aliphatic carboxylic acids is 1. The van der Waals surface area contributed by atoms with Gasteiger partial charge in [0.25, 0.3) is 5.91 Å². The molecule has 0 saturated carbocycles. The average molecular weight is 649 g/mol.